The fourth-order valence-electron chi connectivity index (χ4n) is 1.67. The Kier molecular flexibility index (Phi) is 2.17. The van der Waals surface area contributed by atoms with Gasteiger partial charge in [0.05, 0.1) is 0 Å². The fourth-order valence-corrected chi connectivity index (χ4v) is 2.73. The van der Waals surface area contributed by atoms with Crippen molar-refractivity contribution in [2.45, 2.75) is 0 Å². The first-order valence-electron chi connectivity index (χ1n) is 4.39. The van der Waals surface area contributed by atoms with Gasteiger partial charge in [-0.15, -0.1) is 0 Å². The van der Waals surface area contributed by atoms with Gasteiger partial charge in [-0.25, -0.2) is 0 Å². The van der Waals surface area contributed by atoms with Gasteiger partial charge in [0, 0.05) is 5.56 Å². The highest BCUT2D eigenvalue weighted by Crippen LogP contribution is 2.37. The van der Waals surface area contributed by atoms with Gasteiger partial charge < -0.3 is 8.54 Å². The van der Waals surface area contributed by atoms with Crippen LogP contribution in [0.2, 0.25) is 0 Å². The maximum absolute atomic E-state index is 11.9. The number of benzene rings is 1. The van der Waals surface area contributed by atoms with E-state index in [1.807, 2.05) is 0 Å². The third-order valence-corrected chi connectivity index (χ3v) is 3.79. The minimum atomic E-state index is -0.301. The van der Waals surface area contributed by atoms with E-state index in [0.717, 1.165) is 0 Å². The van der Waals surface area contributed by atoms with Crippen molar-refractivity contribution >= 4 is 44.8 Å². The van der Waals surface area contributed by atoms with Gasteiger partial charge in [-0.1, -0.05) is 29.3 Å². The number of rotatable bonds is 0. The molecule has 0 fully saturated rings. The van der Waals surface area contributed by atoms with E-state index in [1.54, 1.807) is 18.2 Å². The van der Waals surface area contributed by atoms with Gasteiger partial charge in [0.15, 0.2) is 5.03 Å². The molecule has 2 radical (unpaired) electrons. The van der Waals surface area contributed by atoms with Crippen LogP contribution < -0.4 is 4.43 Å². The van der Waals surface area contributed by atoms with Crippen molar-refractivity contribution in [2.75, 3.05) is 0 Å². The van der Waals surface area contributed by atoms with Crippen molar-refractivity contribution in [1.29, 1.82) is 0 Å². The van der Waals surface area contributed by atoms with Gasteiger partial charge >= 0.3 is 15.8 Å². The molecule has 16 heavy (non-hydrogen) atoms. The Hall–Kier alpha value is -1.10. The maximum atomic E-state index is 11.9. The van der Waals surface area contributed by atoms with Gasteiger partial charge in [0.25, 0.3) is 0 Å². The first kappa shape index (κ1) is 10.1. The van der Waals surface area contributed by atoms with Crippen molar-refractivity contribution in [3.8, 4) is 5.75 Å². The molecule has 1 heterocycles. The van der Waals surface area contributed by atoms with Crippen LogP contribution in [0.4, 0.5) is 0 Å². The summed E-state index contributed by atoms with van der Waals surface area (Å²) in [5, 5.41) is 0.149. The van der Waals surface area contributed by atoms with Gasteiger partial charge in [0.2, 0.25) is 5.78 Å². The van der Waals surface area contributed by atoms with Crippen LogP contribution in [0.1, 0.15) is 20.0 Å². The van der Waals surface area contributed by atoms with Crippen LogP contribution in [0.15, 0.2) is 28.3 Å². The molecule has 0 bridgehead atoms. The van der Waals surface area contributed by atoms with Crippen molar-refractivity contribution in [1.82, 2.24) is 0 Å². The Morgan fingerprint density at radius 2 is 2.06 bits per heavy atom. The van der Waals surface area contributed by atoms with E-state index in [1.165, 1.54) is 0 Å². The molecule has 0 saturated heterocycles. The van der Waals surface area contributed by atoms with E-state index in [4.69, 9.17) is 31.7 Å². The summed E-state index contributed by atoms with van der Waals surface area (Å²) >= 11 is 11.8. The quantitative estimate of drug-likeness (QED) is 0.535. The summed E-state index contributed by atoms with van der Waals surface area (Å²) in [6.07, 6.45) is 0. The van der Waals surface area contributed by atoms with Crippen LogP contribution >= 0.6 is 23.2 Å². The Morgan fingerprint density at radius 3 is 2.88 bits per heavy atom. The number of hydrogen-bond donors (Lipinski definition) is 0. The Bertz CT molecular complexity index is 577. The third kappa shape index (κ3) is 1.21. The first-order chi connectivity index (χ1) is 7.70. The number of carbonyl (C=O) groups is 1. The lowest BCUT2D eigenvalue weighted by molar-refractivity contribution is -0.100. The highest BCUT2D eigenvalue weighted by atomic mass is 35.5. The normalized spacial score (nSPS) is 17.9. The average Bonchev–Trinajstić information content (AvgIpc) is 2.33. The smallest absolute Gasteiger partial charge is 0.460 e. The molecule has 1 aromatic rings. The Morgan fingerprint density at radius 1 is 1.25 bits per heavy atom. The second-order valence-electron chi connectivity index (χ2n) is 3.25. The molecule has 0 spiro atoms. The monoisotopic (exact) mass is 269 g/mol. The third-order valence-electron chi connectivity index (χ3n) is 2.38. The minimum absolute atomic E-state index is 0.00647. The molecule has 6 heteroatoms. The molecule has 0 unspecified atom stereocenters. The van der Waals surface area contributed by atoms with Gasteiger partial charge in [-0.2, -0.15) is 0 Å². The summed E-state index contributed by atoms with van der Waals surface area (Å²) < 4.78 is 10.6. The van der Waals surface area contributed by atoms with E-state index in [9.17, 15) is 4.79 Å². The molecule has 3 nitrogen and oxygen atoms in total. The van der Waals surface area contributed by atoms with Gasteiger partial charge in [0.1, 0.15) is 16.3 Å². The lowest BCUT2D eigenvalue weighted by Gasteiger charge is -2.16. The topological polar surface area (TPSA) is 37.6 Å². The number of halogens is 2. The molecule has 78 valence electrons. The van der Waals surface area contributed by atoms with Crippen LogP contribution in [-0.2, 0) is 0 Å². The molecule has 0 atom stereocenters. The maximum Gasteiger partial charge on any atom is 1.03 e. The highest BCUT2D eigenvalue weighted by Gasteiger charge is 2.42. The second-order valence-corrected chi connectivity index (χ2v) is 4.58. The number of hydrogen-bond acceptors (Lipinski definition) is 2. The zero-order valence-corrected chi connectivity index (χ0v) is 10.2. The number of carbonyl (C=O) groups excluding carboxylic acids is 2. The van der Waals surface area contributed by atoms with E-state index < -0.39 is 0 Å². The number of allylic oxidation sites excluding steroid dienone is 2. The summed E-state index contributed by atoms with van der Waals surface area (Å²) in [6, 6.07) is 5.18. The van der Waals surface area contributed by atoms with Crippen molar-refractivity contribution in [3.05, 3.63) is 39.4 Å². The molecular weight excluding hydrogens is 267 g/mol. The predicted octanol–water partition coefficient (Wildman–Crippen LogP) is 2.22. The molecule has 0 saturated carbocycles. The molecule has 0 amide bonds. The average molecular weight is 270 g/mol. The van der Waals surface area contributed by atoms with Crippen LogP contribution in [-0.4, -0.2) is 21.6 Å². The summed E-state index contributed by atoms with van der Waals surface area (Å²) in [6.45, 7) is 0. The molecular formula is C10H3Cl2O3Si+. The lowest BCUT2D eigenvalue weighted by Crippen LogP contribution is -2.25. The number of Topliss-reactive ketones (excluding diaryl/α,β-unsaturated/α-hetero) is 1. The van der Waals surface area contributed by atoms with Gasteiger partial charge in [-0.05, 0) is 12.1 Å². The van der Waals surface area contributed by atoms with E-state index in [-0.39, 0.29) is 25.9 Å². The van der Waals surface area contributed by atoms with Crippen LogP contribution in [0.3, 0.4) is 0 Å². The van der Waals surface area contributed by atoms with E-state index >= 15 is 0 Å². The summed E-state index contributed by atoms with van der Waals surface area (Å²) in [5.41, 5.74) is 1.06. The molecule has 0 N–H and O–H groups in total. The van der Waals surface area contributed by atoms with Gasteiger partial charge in [-0.3, -0.25) is 4.79 Å². The molecule has 1 aliphatic carbocycles. The molecule has 3 rings (SSSR count). The summed E-state index contributed by atoms with van der Waals surface area (Å²) in [4.78, 5) is 11.9. The fraction of sp³-hybridized carbons (Fsp3) is 0. The molecule has 0 aromatic heterocycles. The highest BCUT2D eigenvalue weighted by molar-refractivity contribution is 6.60. The number of ketones is 2. The Labute approximate surface area is 103 Å². The van der Waals surface area contributed by atoms with E-state index in [2.05, 4.69) is 0 Å². The molecule has 1 aliphatic heterocycles. The molecule has 1 aromatic carbocycles. The van der Waals surface area contributed by atoms with Crippen molar-refractivity contribution in [2.24, 2.45) is 0 Å². The summed E-state index contributed by atoms with van der Waals surface area (Å²) in [7, 11) is -0.172. The SMILES string of the molecule is O=C1C(Cl)=C(Cl)C2=[O+][Si]Oc3cccc1c32. The van der Waals surface area contributed by atoms with Crippen molar-refractivity contribution < 1.29 is 13.3 Å². The molecule has 2 aliphatic rings. The second kappa shape index (κ2) is 3.45. The largest absolute Gasteiger partial charge is 1.03 e. The first-order valence-corrected chi connectivity index (χ1v) is 5.97. The summed E-state index contributed by atoms with van der Waals surface area (Å²) in [5.74, 6) is 0.735. The minimum Gasteiger partial charge on any atom is -0.460 e. The van der Waals surface area contributed by atoms with Crippen molar-refractivity contribution in [3.63, 3.8) is 0 Å². The standard InChI is InChI=1S/C10H3Cl2O3Si/c11-7-8(12)10-6-4(9(7)13)2-1-3-5(6)14-16-15-10/h1-3H/q+1. The lowest BCUT2D eigenvalue weighted by atomic mass is 9.93. The zero-order valence-electron chi connectivity index (χ0n) is 7.71. The van der Waals surface area contributed by atoms with Crippen LogP contribution in [0.5, 0.6) is 5.75 Å². The predicted molar refractivity (Wildman–Crippen MR) is 60.2 cm³/mol. The van der Waals surface area contributed by atoms with E-state index in [0.29, 0.717) is 22.7 Å². The zero-order chi connectivity index (χ0) is 11.3. The van der Waals surface area contributed by atoms with Crippen LogP contribution in [0, 0.1) is 0 Å². The van der Waals surface area contributed by atoms with Crippen LogP contribution in [0.25, 0.3) is 0 Å². The Balaban J connectivity index is 2.39.